The van der Waals surface area contributed by atoms with Crippen LogP contribution in [0.2, 0.25) is 0 Å². The van der Waals surface area contributed by atoms with Crippen LogP contribution in [-0.4, -0.2) is 59.9 Å². The first-order valence-electron chi connectivity index (χ1n) is 8.39. The highest BCUT2D eigenvalue weighted by molar-refractivity contribution is 7.89. The first-order chi connectivity index (χ1) is 11.7. The van der Waals surface area contributed by atoms with Crippen LogP contribution in [0.4, 0.5) is 0 Å². The maximum Gasteiger partial charge on any atom is 0.243 e. The van der Waals surface area contributed by atoms with Crippen molar-refractivity contribution in [2.45, 2.75) is 24.3 Å². The number of benzene rings is 1. The molecule has 0 aliphatic carbocycles. The third-order valence-corrected chi connectivity index (χ3v) is 6.29. The topological polar surface area (TPSA) is 58.4 Å². The highest BCUT2D eigenvalue weighted by atomic mass is 32.2. The fourth-order valence-corrected chi connectivity index (χ4v) is 4.54. The predicted octanol–water partition coefficient (Wildman–Crippen LogP) is 1.67. The molecule has 1 aliphatic rings. The molecule has 2 heterocycles. The van der Waals surface area contributed by atoms with Crippen LogP contribution in [0.25, 0.3) is 0 Å². The summed E-state index contributed by atoms with van der Waals surface area (Å²) in [5.74, 6) is 0. The molecule has 1 aliphatic heterocycles. The average Bonchev–Trinajstić information content (AvgIpc) is 2.99. The van der Waals surface area contributed by atoms with Gasteiger partial charge in [-0.25, -0.2) is 13.4 Å². The van der Waals surface area contributed by atoms with Crippen LogP contribution in [0.1, 0.15) is 12.8 Å². The van der Waals surface area contributed by atoms with Crippen molar-refractivity contribution in [3.05, 3.63) is 49.1 Å². The highest BCUT2D eigenvalue weighted by Gasteiger charge is 2.26. The molecular weight excluding hydrogens is 324 g/mol. The Labute approximate surface area is 143 Å². The largest absolute Gasteiger partial charge is 0.337 e. The molecule has 1 aromatic heterocycles. The molecule has 0 bridgehead atoms. The highest BCUT2D eigenvalue weighted by Crippen LogP contribution is 2.17. The van der Waals surface area contributed by atoms with Crippen molar-refractivity contribution in [3.63, 3.8) is 0 Å². The van der Waals surface area contributed by atoms with E-state index in [4.69, 9.17) is 0 Å². The van der Waals surface area contributed by atoms with E-state index in [0.29, 0.717) is 18.0 Å². The van der Waals surface area contributed by atoms with Gasteiger partial charge >= 0.3 is 0 Å². The Balaban J connectivity index is 1.53. The number of nitrogens with zero attached hydrogens (tertiary/aromatic N) is 4. The van der Waals surface area contributed by atoms with E-state index in [2.05, 4.69) is 14.5 Å². The fraction of sp³-hybridized carbons (Fsp3) is 0.471. The normalized spacial score (nSPS) is 17.7. The number of aromatic nitrogens is 2. The summed E-state index contributed by atoms with van der Waals surface area (Å²) in [5.41, 5.74) is 0. The van der Waals surface area contributed by atoms with Gasteiger partial charge in [0.15, 0.2) is 0 Å². The third kappa shape index (κ3) is 4.23. The Morgan fingerprint density at radius 2 is 1.83 bits per heavy atom. The van der Waals surface area contributed by atoms with Crippen LogP contribution in [0.3, 0.4) is 0 Å². The summed E-state index contributed by atoms with van der Waals surface area (Å²) in [5, 5.41) is 0. The molecule has 0 saturated carbocycles. The van der Waals surface area contributed by atoms with E-state index in [-0.39, 0.29) is 0 Å². The van der Waals surface area contributed by atoms with E-state index in [1.807, 2.05) is 18.6 Å². The molecule has 0 amide bonds. The van der Waals surface area contributed by atoms with Gasteiger partial charge in [0.05, 0.1) is 11.2 Å². The zero-order valence-corrected chi connectivity index (χ0v) is 14.6. The predicted molar refractivity (Wildman–Crippen MR) is 93.1 cm³/mol. The first-order valence-corrected chi connectivity index (χ1v) is 9.83. The summed E-state index contributed by atoms with van der Waals surface area (Å²) >= 11 is 0. The van der Waals surface area contributed by atoms with Crippen molar-refractivity contribution in [2.75, 3.05) is 32.7 Å². The van der Waals surface area contributed by atoms with Crippen LogP contribution in [0, 0.1) is 0 Å². The minimum absolute atomic E-state index is 0.388. The lowest BCUT2D eigenvalue weighted by Crippen LogP contribution is -2.35. The molecular formula is C17H24N4O2S. The summed E-state index contributed by atoms with van der Waals surface area (Å²) < 4.78 is 29.1. The molecule has 130 valence electrons. The summed E-state index contributed by atoms with van der Waals surface area (Å²) in [6, 6.07) is 8.72. The van der Waals surface area contributed by atoms with Gasteiger partial charge in [0.25, 0.3) is 0 Å². The van der Waals surface area contributed by atoms with Crippen molar-refractivity contribution in [1.29, 1.82) is 0 Å². The van der Waals surface area contributed by atoms with Gasteiger partial charge in [0.1, 0.15) is 0 Å². The molecule has 3 rings (SSSR count). The van der Waals surface area contributed by atoms with Gasteiger partial charge in [0, 0.05) is 38.6 Å². The minimum Gasteiger partial charge on any atom is -0.337 e. The lowest BCUT2D eigenvalue weighted by Gasteiger charge is -2.21. The van der Waals surface area contributed by atoms with E-state index in [9.17, 15) is 8.42 Å². The van der Waals surface area contributed by atoms with Crippen LogP contribution in [-0.2, 0) is 16.6 Å². The minimum atomic E-state index is -3.37. The molecule has 1 saturated heterocycles. The van der Waals surface area contributed by atoms with Gasteiger partial charge in [-0.05, 0) is 38.1 Å². The molecule has 0 N–H and O–H groups in total. The van der Waals surface area contributed by atoms with E-state index in [0.717, 1.165) is 39.0 Å². The SMILES string of the molecule is O=S(=O)(c1ccccc1)N1CCCN(CCCn2ccnc2)CC1. The Hall–Kier alpha value is -1.70. The number of aryl methyl sites for hydroxylation is 1. The van der Waals surface area contributed by atoms with E-state index >= 15 is 0 Å². The smallest absolute Gasteiger partial charge is 0.243 e. The Bertz CT molecular complexity index is 716. The van der Waals surface area contributed by atoms with Crippen molar-refractivity contribution in [3.8, 4) is 0 Å². The molecule has 6 nitrogen and oxygen atoms in total. The molecule has 0 unspecified atom stereocenters. The molecule has 24 heavy (non-hydrogen) atoms. The van der Waals surface area contributed by atoms with Crippen LogP contribution < -0.4 is 0 Å². The molecule has 7 heteroatoms. The quantitative estimate of drug-likeness (QED) is 0.797. The maximum atomic E-state index is 12.7. The molecule has 2 aromatic rings. The standard InChI is InChI=1S/C17H24N4O2S/c22-24(23,17-6-2-1-3-7-17)21-12-5-10-19(14-15-21)9-4-11-20-13-8-18-16-20/h1-3,6-8,13,16H,4-5,9-12,14-15H2. The van der Waals surface area contributed by atoms with Crippen molar-refractivity contribution >= 4 is 10.0 Å². The second-order valence-corrected chi connectivity index (χ2v) is 8.00. The van der Waals surface area contributed by atoms with Gasteiger partial charge in [-0.15, -0.1) is 0 Å². The molecule has 0 radical (unpaired) electrons. The molecule has 1 aromatic carbocycles. The maximum absolute atomic E-state index is 12.7. The lowest BCUT2D eigenvalue weighted by atomic mass is 10.3. The average molecular weight is 348 g/mol. The van der Waals surface area contributed by atoms with Crippen molar-refractivity contribution in [1.82, 2.24) is 18.8 Å². The monoisotopic (exact) mass is 348 g/mol. The fourth-order valence-electron chi connectivity index (χ4n) is 3.05. The summed E-state index contributed by atoms with van der Waals surface area (Å²) in [6.45, 7) is 4.82. The van der Waals surface area contributed by atoms with E-state index in [1.54, 1.807) is 34.8 Å². The van der Waals surface area contributed by atoms with Gasteiger partial charge in [0.2, 0.25) is 10.0 Å². The summed E-state index contributed by atoms with van der Waals surface area (Å²) in [7, 11) is -3.37. The zero-order chi connectivity index (χ0) is 16.8. The molecule has 0 spiro atoms. The third-order valence-electron chi connectivity index (χ3n) is 4.38. The Kier molecular flexibility index (Phi) is 5.65. The van der Waals surface area contributed by atoms with Crippen LogP contribution in [0.5, 0.6) is 0 Å². The lowest BCUT2D eigenvalue weighted by molar-refractivity contribution is 0.277. The summed E-state index contributed by atoms with van der Waals surface area (Å²) in [4.78, 5) is 6.79. The number of rotatable bonds is 6. The van der Waals surface area contributed by atoms with Gasteiger partial charge in [-0.3, -0.25) is 0 Å². The zero-order valence-electron chi connectivity index (χ0n) is 13.8. The molecule has 0 atom stereocenters. The molecule has 1 fully saturated rings. The summed E-state index contributed by atoms with van der Waals surface area (Å²) in [6.07, 6.45) is 7.50. The van der Waals surface area contributed by atoms with Crippen LogP contribution >= 0.6 is 0 Å². The first kappa shape index (κ1) is 17.1. The van der Waals surface area contributed by atoms with Crippen LogP contribution in [0.15, 0.2) is 53.9 Å². The second kappa shape index (κ2) is 7.92. The number of imidazole rings is 1. The van der Waals surface area contributed by atoms with E-state index < -0.39 is 10.0 Å². The Morgan fingerprint density at radius 3 is 2.58 bits per heavy atom. The number of hydrogen-bond donors (Lipinski definition) is 0. The van der Waals surface area contributed by atoms with E-state index in [1.165, 1.54) is 0 Å². The Morgan fingerprint density at radius 1 is 1.00 bits per heavy atom. The van der Waals surface area contributed by atoms with Gasteiger partial charge < -0.3 is 9.47 Å². The van der Waals surface area contributed by atoms with Gasteiger partial charge in [-0.2, -0.15) is 4.31 Å². The van der Waals surface area contributed by atoms with Crippen molar-refractivity contribution < 1.29 is 8.42 Å². The number of hydrogen-bond acceptors (Lipinski definition) is 4. The second-order valence-electron chi connectivity index (χ2n) is 6.07. The van der Waals surface area contributed by atoms with Crippen molar-refractivity contribution in [2.24, 2.45) is 0 Å². The number of sulfonamides is 1. The van der Waals surface area contributed by atoms with Gasteiger partial charge in [-0.1, -0.05) is 18.2 Å².